The summed E-state index contributed by atoms with van der Waals surface area (Å²) in [6.45, 7) is 0.784. The van der Waals surface area contributed by atoms with Crippen LogP contribution in [-0.4, -0.2) is 75.9 Å². The number of anilines is 1. The smallest absolute Gasteiger partial charge is 0.355 e. The fraction of sp³-hybridized carbons (Fsp3) is 0.222. The van der Waals surface area contributed by atoms with Gasteiger partial charge in [-0.3, -0.25) is 4.79 Å². The largest absolute Gasteiger partial charge is 0.465 e. The highest BCUT2D eigenvalue weighted by molar-refractivity contribution is 7.89. The Bertz CT molecular complexity index is 1420. The molecule has 2 aromatic rings. The molecule has 2 aliphatic heterocycles. The summed E-state index contributed by atoms with van der Waals surface area (Å²) in [6, 6.07) is 14.9. The summed E-state index contributed by atoms with van der Waals surface area (Å²) in [6.07, 6.45) is 6.11. The van der Waals surface area contributed by atoms with Gasteiger partial charge in [0.05, 0.1) is 24.7 Å². The van der Waals surface area contributed by atoms with E-state index in [1.807, 2.05) is 6.07 Å². The van der Waals surface area contributed by atoms with Gasteiger partial charge in [0, 0.05) is 43.6 Å². The number of hydrogen-bond acceptors (Lipinski definition) is 8. The normalized spacial score (nSPS) is 16.3. The molecule has 11 heteroatoms. The minimum atomic E-state index is -3.92. The molecule has 2 heterocycles. The third-order valence-electron chi connectivity index (χ3n) is 6.17. The lowest BCUT2D eigenvalue weighted by Gasteiger charge is -2.34. The lowest BCUT2D eigenvalue weighted by molar-refractivity contribution is -0.139. The van der Waals surface area contributed by atoms with E-state index in [2.05, 4.69) is 0 Å². The molecule has 38 heavy (non-hydrogen) atoms. The van der Waals surface area contributed by atoms with E-state index in [-0.39, 0.29) is 48.3 Å². The SMILES string of the molecule is COC(=O)C1=C(C(=O)OC)N(c2cccc(S(=O)(=O)N3CCN(C(=O)c4ccccc4)CC3)c2)C=CC=C1. The number of sulfonamides is 1. The molecule has 1 fully saturated rings. The van der Waals surface area contributed by atoms with E-state index in [1.165, 1.54) is 47.8 Å². The maximum absolute atomic E-state index is 13.5. The molecule has 0 atom stereocenters. The van der Waals surface area contributed by atoms with Crippen molar-refractivity contribution in [2.24, 2.45) is 0 Å². The van der Waals surface area contributed by atoms with Crippen molar-refractivity contribution in [1.82, 2.24) is 9.21 Å². The molecule has 0 saturated carbocycles. The minimum Gasteiger partial charge on any atom is -0.465 e. The Hall–Kier alpha value is -4.22. The van der Waals surface area contributed by atoms with Crippen LogP contribution in [-0.2, 0) is 29.1 Å². The number of methoxy groups -OCH3 is 2. The number of carbonyl (C=O) groups excluding carboxylic acids is 3. The number of esters is 2. The van der Waals surface area contributed by atoms with Gasteiger partial charge < -0.3 is 19.3 Å². The molecule has 0 N–H and O–H groups in total. The molecule has 0 aromatic heterocycles. The summed E-state index contributed by atoms with van der Waals surface area (Å²) in [5.74, 6) is -1.69. The van der Waals surface area contributed by atoms with E-state index in [0.717, 1.165) is 0 Å². The second kappa shape index (κ2) is 11.4. The molecule has 0 aliphatic carbocycles. The molecular formula is C27H27N3O7S. The highest BCUT2D eigenvalue weighted by Crippen LogP contribution is 2.29. The van der Waals surface area contributed by atoms with Crippen molar-refractivity contribution in [2.45, 2.75) is 4.90 Å². The van der Waals surface area contributed by atoms with Crippen LogP contribution >= 0.6 is 0 Å². The van der Waals surface area contributed by atoms with E-state index < -0.39 is 22.0 Å². The molecule has 198 valence electrons. The standard InChI is InChI=1S/C27H27N3O7S/c1-36-26(32)23-13-6-7-14-30(24(23)27(33)37-2)21-11-8-12-22(19-21)38(34,35)29-17-15-28(16-18-29)25(31)20-9-4-3-5-10-20/h3-14,19H,15-18H2,1-2H3. The first-order valence-electron chi connectivity index (χ1n) is 11.8. The number of benzene rings is 2. The van der Waals surface area contributed by atoms with Crippen LogP contribution in [0.2, 0.25) is 0 Å². The van der Waals surface area contributed by atoms with Crippen molar-refractivity contribution in [1.29, 1.82) is 0 Å². The summed E-state index contributed by atoms with van der Waals surface area (Å²) >= 11 is 0. The summed E-state index contributed by atoms with van der Waals surface area (Å²) in [5, 5.41) is 0. The Morgan fingerprint density at radius 1 is 0.816 bits per heavy atom. The third-order valence-corrected chi connectivity index (χ3v) is 8.06. The molecule has 2 aromatic carbocycles. The fourth-order valence-electron chi connectivity index (χ4n) is 4.20. The number of nitrogens with zero attached hydrogens (tertiary/aromatic N) is 3. The van der Waals surface area contributed by atoms with Crippen molar-refractivity contribution < 1.29 is 32.3 Å². The zero-order valence-corrected chi connectivity index (χ0v) is 21.8. The minimum absolute atomic E-state index is 0.00674. The van der Waals surface area contributed by atoms with Gasteiger partial charge in [-0.05, 0) is 42.5 Å². The number of hydrogen-bond donors (Lipinski definition) is 0. The van der Waals surface area contributed by atoms with E-state index in [9.17, 15) is 22.8 Å². The highest BCUT2D eigenvalue weighted by Gasteiger charge is 2.32. The monoisotopic (exact) mass is 537 g/mol. The van der Waals surface area contributed by atoms with Crippen LogP contribution in [0, 0.1) is 0 Å². The zero-order chi connectivity index (χ0) is 27.3. The molecule has 4 rings (SSSR count). The number of amides is 1. The average Bonchev–Trinajstić information content (AvgIpc) is 3.20. The Morgan fingerprint density at radius 3 is 2.16 bits per heavy atom. The fourth-order valence-corrected chi connectivity index (χ4v) is 5.67. The quantitative estimate of drug-likeness (QED) is 0.516. The molecule has 2 aliphatic rings. The van der Waals surface area contributed by atoms with Crippen LogP contribution < -0.4 is 4.90 Å². The third kappa shape index (κ3) is 5.38. The van der Waals surface area contributed by atoms with Gasteiger partial charge in [-0.25, -0.2) is 18.0 Å². The van der Waals surface area contributed by atoms with Gasteiger partial charge in [-0.1, -0.05) is 30.3 Å². The van der Waals surface area contributed by atoms with Crippen LogP contribution in [0.15, 0.2) is 95.2 Å². The first-order valence-corrected chi connectivity index (χ1v) is 13.2. The molecule has 0 radical (unpaired) electrons. The van der Waals surface area contributed by atoms with Gasteiger partial charge in [-0.2, -0.15) is 4.31 Å². The number of allylic oxidation sites excluding steroid dienone is 2. The molecule has 1 saturated heterocycles. The Kier molecular flexibility index (Phi) is 8.08. The van der Waals surface area contributed by atoms with Gasteiger partial charge in [-0.15, -0.1) is 0 Å². The highest BCUT2D eigenvalue weighted by atomic mass is 32.2. The number of piperazine rings is 1. The van der Waals surface area contributed by atoms with Crippen LogP contribution in [0.4, 0.5) is 5.69 Å². The molecule has 0 unspecified atom stereocenters. The number of ether oxygens (including phenoxy) is 2. The first-order chi connectivity index (χ1) is 18.3. The van der Waals surface area contributed by atoms with Gasteiger partial charge in [0.25, 0.3) is 5.91 Å². The van der Waals surface area contributed by atoms with Crippen LogP contribution in [0.5, 0.6) is 0 Å². The van der Waals surface area contributed by atoms with Crippen LogP contribution in [0.3, 0.4) is 0 Å². The summed E-state index contributed by atoms with van der Waals surface area (Å²) in [7, 11) is -1.54. The van der Waals surface area contributed by atoms with E-state index >= 15 is 0 Å². The second-order valence-corrected chi connectivity index (χ2v) is 10.3. The van der Waals surface area contributed by atoms with E-state index in [0.29, 0.717) is 11.3 Å². The Labute approximate surface area is 221 Å². The maximum Gasteiger partial charge on any atom is 0.355 e. The summed E-state index contributed by atoms with van der Waals surface area (Å²) in [4.78, 5) is 40.9. The summed E-state index contributed by atoms with van der Waals surface area (Å²) < 4.78 is 38.1. The first kappa shape index (κ1) is 26.8. The lowest BCUT2D eigenvalue weighted by atomic mass is 10.1. The molecule has 10 nitrogen and oxygen atoms in total. The summed E-state index contributed by atoms with van der Waals surface area (Å²) in [5.41, 5.74) is 0.715. The average molecular weight is 538 g/mol. The predicted octanol–water partition coefficient (Wildman–Crippen LogP) is 2.32. The Balaban J connectivity index is 1.60. The van der Waals surface area contributed by atoms with Crippen molar-refractivity contribution in [3.8, 4) is 0 Å². The van der Waals surface area contributed by atoms with Gasteiger partial charge in [0.2, 0.25) is 10.0 Å². The molecular weight excluding hydrogens is 510 g/mol. The second-order valence-electron chi connectivity index (χ2n) is 8.38. The van der Waals surface area contributed by atoms with E-state index in [4.69, 9.17) is 9.47 Å². The van der Waals surface area contributed by atoms with Gasteiger partial charge in [0.1, 0.15) is 5.70 Å². The number of rotatable bonds is 6. The van der Waals surface area contributed by atoms with Crippen LogP contribution in [0.25, 0.3) is 0 Å². The van der Waals surface area contributed by atoms with Crippen molar-refractivity contribution in [2.75, 3.05) is 45.3 Å². The molecule has 0 spiro atoms. The van der Waals surface area contributed by atoms with Gasteiger partial charge in [0.15, 0.2) is 0 Å². The Morgan fingerprint density at radius 2 is 1.50 bits per heavy atom. The van der Waals surface area contributed by atoms with Crippen molar-refractivity contribution in [3.63, 3.8) is 0 Å². The number of carbonyl (C=O) groups is 3. The maximum atomic E-state index is 13.5. The topological polar surface area (TPSA) is 114 Å². The molecule has 0 bridgehead atoms. The van der Waals surface area contributed by atoms with Crippen molar-refractivity contribution >= 4 is 33.6 Å². The molecule has 1 amide bonds. The van der Waals surface area contributed by atoms with E-state index in [1.54, 1.807) is 53.5 Å². The zero-order valence-electron chi connectivity index (χ0n) is 20.9. The lowest BCUT2D eigenvalue weighted by Crippen LogP contribution is -2.50. The predicted molar refractivity (Wildman–Crippen MR) is 139 cm³/mol. The van der Waals surface area contributed by atoms with Gasteiger partial charge >= 0.3 is 11.9 Å². The van der Waals surface area contributed by atoms with Crippen LogP contribution in [0.1, 0.15) is 10.4 Å². The van der Waals surface area contributed by atoms with Crippen molar-refractivity contribution in [3.05, 3.63) is 95.9 Å².